The molecule has 1 atom stereocenters. The van der Waals surface area contributed by atoms with E-state index in [1.165, 1.54) is 0 Å². The van der Waals surface area contributed by atoms with Crippen LogP contribution < -0.4 is 5.32 Å². The Labute approximate surface area is 189 Å². The van der Waals surface area contributed by atoms with Gasteiger partial charge in [-0.25, -0.2) is 4.79 Å². The van der Waals surface area contributed by atoms with Gasteiger partial charge in [-0.3, -0.25) is 9.79 Å². The molecule has 2 N–H and O–H groups in total. The predicted molar refractivity (Wildman–Crippen MR) is 120 cm³/mol. The van der Waals surface area contributed by atoms with E-state index in [4.69, 9.17) is 32.9 Å². The average Bonchev–Trinajstić information content (AvgIpc) is 3.10. The SMILES string of the molecule is CCOC(=O)c1ccc(NC23CN(C(=O)CO)CCC2=Nc2c3ccc(Cl)c2Cl)cc1. The van der Waals surface area contributed by atoms with Gasteiger partial charge in [-0.2, -0.15) is 0 Å². The highest BCUT2D eigenvalue weighted by Crippen LogP contribution is 2.49. The normalized spacial score (nSPS) is 19.4. The van der Waals surface area contributed by atoms with E-state index in [1.807, 2.05) is 6.07 Å². The van der Waals surface area contributed by atoms with E-state index in [2.05, 4.69) is 5.32 Å². The zero-order valence-electron chi connectivity index (χ0n) is 16.8. The van der Waals surface area contributed by atoms with Gasteiger partial charge in [-0.05, 0) is 37.3 Å². The van der Waals surface area contributed by atoms with Crippen molar-refractivity contribution < 1.29 is 19.4 Å². The van der Waals surface area contributed by atoms with E-state index >= 15 is 0 Å². The highest BCUT2D eigenvalue weighted by atomic mass is 35.5. The summed E-state index contributed by atoms with van der Waals surface area (Å²) in [6, 6.07) is 10.5. The lowest BCUT2D eigenvalue weighted by atomic mass is 9.81. The molecule has 9 heteroatoms. The Kier molecular flexibility index (Phi) is 5.92. The van der Waals surface area contributed by atoms with Crippen molar-refractivity contribution in [2.75, 3.05) is 31.6 Å². The minimum atomic E-state index is -0.821. The zero-order chi connectivity index (χ0) is 22.2. The van der Waals surface area contributed by atoms with Crippen molar-refractivity contribution in [1.29, 1.82) is 0 Å². The van der Waals surface area contributed by atoms with Gasteiger partial charge in [0.05, 0.1) is 40.2 Å². The fourth-order valence-corrected chi connectivity index (χ4v) is 4.43. The molecule has 2 aromatic rings. The number of nitrogens with zero attached hydrogens (tertiary/aromatic N) is 2. The van der Waals surface area contributed by atoms with Crippen LogP contribution in [0.2, 0.25) is 10.0 Å². The van der Waals surface area contributed by atoms with E-state index < -0.39 is 12.1 Å². The molecule has 2 aliphatic rings. The van der Waals surface area contributed by atoms with Crippen LogP contribution in [0.4, 0.5) is 11.4 Å². The lowest BCUT2D eigenvalue weighted by molar-refractivity contribution is -0.134. The van der Waals surface area contributed by atoms with Gasteiger partial charge in [-0.15, -0.1) is 0 Å². The van der Waals surface area contributed by atoms with Crippen molar-refractivity contribution >= 4 is 52.2 Å². The van der Waals surface area contributed by atoms with Crippen LogP contribution in [0.3, 0.4) is 0 Å². The van der Waals surface area contributed by atoms with Gasteiger partial charge >= 0.3 is 5.97 Å². The molecule has 31 heavy (non-hydrogen) atoms. The highest BCUT2D eigenvalue weighted by Gasteiger charge is 2.49. The van der Waals surface area contributed by atoms with Gasteiger partial charge in [0.2, 0.25) is 5.91 Å². The summed E-state index contributed by atoms with van der Waals surface area (Å²) in [4.78, 5) is 30.6. The Hall–Kier alpha value is -2.61. The Morgan fingerprint density at radius 3 is 2.65 bits per heavy atom. The van der Waals surface area contributed by atoms with Gasteiger partial charge < -0.3 is 20.1 Å². The molecule has 4 rings (SSSR count). The first-order valence-corrected chi connectivity index (χ1v) is 10.7. The van der Waals surface area contributed by atoms with Crippen LogP contribution in [-0.2, 0) is 15.1 Å². The number of hydrogen-bond donors (Lipinski definition) is 2. The molecule has 7 nitrogen and oxygen atoms in total. The van der Waals surface area contributed by atoms with Crippen molar-refractivity contribution in [2.24, 2.45) is 4.99 Å². The third-order valence-corrected chi connectivity index (χ3v) is 6.35. The van der Waals surface area contributed by atoms with Crippen molar-refractivity contribution in [3.63, 3.8) is 0 Å². The number of halogens is 2. The Balaban J connectivity index is 1.74. The summed E-state index contributed by atoms with van der Waals surface area (Å²) < 4.78 is 5.04. The first kappa shape index (κ1) is 21.6. The smallest absolute Gasteiger partial charge is 0.338 e. The van der Waals surface area contributed by atoms with Crippen LogP contribution in [-0.4, -0.2) is 53.9 Å². The van der Waals surface area contributed by atoms with Crippen LogP contribution in [0.15, 0.2) is 41.4 Å². The number of carbonyl (C=O) groups excluding carboxylic acids is 2. The van der Waals surface area contributed by atoms with Crippen molar-refractivity contribution in [2.45, 2.75) is 18.9 Å². The van der Waals surface area contributed by atoms with Crippen LogP contribution in [0.5, 0.6) is 0 Å². The third kappa shape index (κ3) is 3.78. The molecular weight excluding hydrogens is 441 g/mol. The number of nitrogens with one attached hydrogen (secondary N) is 1. The molecule has 0 radical (unpaired) electrons. The number of esters is 1. The fraction of sp³-hybridized carbons (Fsp3) is 0.318. The second-order valence-corrected chi connectivity index (χ2v) is 8.15. The second kappa shape index (κ2) is 8.49. The molecule has 2 aromatic carbocycles. The molecule has 1 fully saturated rings. The van der Waals surface area contributed by atoms with Gasteiger partial charge in [-0.1, -0.05) is 29.3 Å². The highest BCUT2D eigenvalue weighted by molar-refractivity contribution is 6.44. The number of carbonyl (C=O) groups is 2. The molecule has 0 bridgehead atoms. The molecule has 162 valence electrons. The minimum Gasteiger partial charge on any atom is -0.462 e. The fourth-order valence-electron chi connectivity index (χ4n) is 4.07. The number of amides is 1. The maximum absolute atomic E-state index is 12.3. The maximum Gasteiger partial charge on any atom is 0.338 e. The standard InChI is InChI=1S/C22H21Cl2N3O4/c1-2-31-21(30)13-3-5-14(6-4-13)26-22-12-27(18(29)11-28)10-9-17(22)25-20-15(22)7-8-16(23)19(20)24/h3-8,26,28H,2,9-12H2,1H3. The lowest BCUT2D eigenvalue weighted by Gasteiger charge is -2.42. The predicted octanol–water partition coefficient (Wildman–Crippen LogP) is 3.79. The monoisotopic (exact) mass is 461 g/mol. The van der Waals surface area contributed by atoms with Crippen LogP contribution in [0.1, 0.15) is 29.3 Å². The third-order valence-electron chi connectivity index (χ3n) is 5.56. The van der Waals surface area contributed by atoms with Gasteiger partial charge in [0.25, 0.3) is 0 Å². The maximum atomic E-state index is 12.3. The number of aliphatic hydroxyl groups is 1. The number of piperidine rings is 1. The molecule has 1 saturated heterocycles. The Morgan fingerprint density at radius 1 is 1.23 bits per heavy atom. The number of benzene rings is 2. The van der Waals surface area contributed by atoms with Crippen LogP contribution >= 0.6 is 23.2 Å². The number of aliphatic hydroxyl groups excluding tert-OH is 1. The molecule has 2 aliphatic heterocycles. The molecule has 1 amide bonds. The molecule has 1 unspecified atom stereocenters. The van der Waals surface area contributed by atoms with Gasteiger partial charge in [0.15, 0.2) is 0 Å². The quantitative estimate of drug-likeness (QED) is 0.660. The topological polar surface area (TPSA) is 91.2 Å². The van der Waals surface area contributed by atoms with Gasteiger partial charge in [0.1, 0.15) is 12.1 Å². The van der Waals surface area contributed by atoms with E-state index in [1.54, 1.807) is 42.2 Å². The first-order valence-electron chi connectivity index (χ1n) is 9.90. The summed E-state index contributed by atoms with van der Waals surface area (Å²) in [5, 5.41) is 13.6. The van der Waals surface area contributed by atoms with Crippen molar-refractivity contribution in [3.05, 3.63) is 57.6 Å². The van der Waals surface area contributed by atoms with E-state index in [0.717, 1.165) is 17.0 Å². The molecule has 0 aromatic heterocycles. The first-order chi connectivity index (χ1) is 14.9. The number of likely N-dealkylation sites (tertiary alicyclic amines) is 1. The molecule has 0 spiro atoms. The lowest BCUT2D eigenvalue weighted by Crippen LogP contribution is -2.57. The summed E-state index contributed by atoms with van der Waals surface area (Å²) in [7, 11) is 0. The van der Waals surface area contributed by atoms with Gasteiger partial charge in [0, 0.05) is 24.2 Å². The van der Waals surface area contributed by atoms with Crippen LogP contribution in [0.25, 0.3) is 0 Å². The van der Waals surface area contributed by atoms with E-state index in [9.17, 15) is 14.7 Å². The van der Waals surface area contributed by atoms with E-state index in [-0.39, 0.29) is 18.4 Å². The number of aliphatic imine (C=N–C) groups is 1. The molecule has 0 saturated carbocycles. The number of fused-ring (bicyclic) bond motifs is 3. The number of hydrogen-bond acceptors (Lipinski definition) is 6. The molecule has 0 aliphatic carbocycles. The number of anilines is 1. The van der Waals surface area contributed by atoms with Crippen LogP contribution in [0, 0.1) is 0 Å². The summed E-state index contributed by atoms with van der Waals surface area (Å²) in [6.07, 6.45) is 0.516. The Morgan fingerprint density at radius 2 is 1.97 bits per heavy atom. The summed E-state index contributed by atoms with van der Waals surface area (Å²) in [6.45, 7) is 2.21. The molecule has 2 heterocycles. The largest absolute Gasteiger partial charge is 0.462 e. The second-order valence-electron chi connectivity index (χ2n) is 7.37. The summed E-state index contributed by atoms with van der Waals surface area (Å²) >= 11 is 12.6. The van der Waals surface area contributed by atoms with Crippen molar-refractivity contribution in [3.8, 4) is 0 Å². The van der Waals surface area contributed by atoms with E-state index in [0.29, 0.717) is 40.9 Å². The zero-order valence-corrected chi connectivity index (χ0v) is 18.3. The minimum absolute atomic E-state index is 0.274. The Bertz CT molecular complexity index is 1070. The average molecular weight is 462 g/mol. The van der Waals surface area contributed by atoms with Crippen molar-refractivity contribution in [1.82, 2.24) is 4.90 Å². The summed E-state index contributed by atoms with van der Waals surface area (Å²) in [5.41, 5.74) is 2.58. The molecular formula is C22H21Cl2N3O4. The number of ether oxygens (including phenoxy) is 1. The number of rotatable bonds is 5. The summed E-state index contributed by atoms with van der Waals surface area (Å²) in [5.74, 6) is -0.745.